The number of fused-ring (bicyclic) bond motifs is 1. The molecule has 164 valence electrons. The SMILES string of the molecule is CCOC(=O)Cc1ccc(NC(=O)N2CCN(Cc3ccccc3)c3ncccc32)cc1. The molecule has 0 spiro atoms. The first kappa shape index (κ1) is 21.4. The summed E-state index contributed by atoms with van der Waals surface area (Å²) in [6.45, 7) is 4.12. The Morgan fingerprint density at radius 1 is 0.969 bits per heavy atom. The van der Waals surface area contributed by atoms with Gasteiger partial charge >= 0.3 is 12.0 Å². The van der Waals surface area contributed by atoms with Gasteiger partial charge in [-0.1, -0.05) is 42.5 Å². The minimum Gasteiger partial charge on any atom is -0.466 e. The molecule has 1 aromatic heterocycles. The van der Waals surface area contributed by atoms with Crippen LogP contribution in [0.25, 0.3) is 0 Å². The summed E-state index contributed by atoms with van der Waals surface area (Å²) in [5.74, 6) is 0.532. The quantitative estimate of drug-likeness (QED) is 0.592. The standard InChI is InChI=1S/C25H26N4O3/c1-2-32-23(30)17-19-10-12-21(13-11-19)27-25(31)29-16-15-28(18-20-7-4-3-5-8-20)24-22(29)9-6-14-26-24/h3-14H,2,15-18H2,1H3,(H,27,31). The Balaban J connectivity index is 1.44. The highest BCUT2D eigenvalue weighted by Gasteiger charge is 2.27. The van der Waals surface area contributed by atoms with Gasteiger partial charge in [-0.2, -0.15) is 0 Å². The van der Waals surface area contributed by atoms with Crippen molar-refractivity contribution in [2.24, 2.45) is 0 Å². The number of carbonyl (C=O) groups is 2. The average molecular weight is 431 g/mol. The summed E-state index contributed by atoms with van der Waals surface area (Å²) in [7, 11) is 0. The Morgan fingerprint density at radius 3 is 2.50 bits per heavy atom. The number of carbonyl (C=O) groups excluding carboxylic acids is 2. The maximum Gasteiger partial charge on any atom is 0.326 e. The predicted octanol–water partition coefficient (Wildman–Crippen LogP) is 4.25. The number of esters is 1. The third kappa shape index (κ3) is 5.06. The van der Waals surface area contributed by atoms with Crippen molar-refractivity contribution in [3.63, 3.8) is 0 Å². The number of benzene rings is 2. The van der Waals surface area contributed by atoms with Crippen molar-refractivity contribution >= 4 is 29.2 Å². The molecule has 0 bridgehead atoms. The maximum atomic E-state index is 13.0. The monoisotopic (exact) mass is 430 g/mol. The Kier molecular flexibility index (Phi) is 6.65. The van der Waals surface area contributed by atoms with Gasteiger partial charge in [-0.3, -0.25) is 9.69 Å². The summed E-state index contributed by atoms with van der Waals surface area (Å²) < 4.78 is 4.97. The zero-order valence-corrected chi connectivity index (χ0v) is 18.0. The van der Waals surface area contributed by atoms with Crippen LogP contribution in [0.4, 0.5) is 22.0 Å². The summed E-state index contributed by atoms with van der Waals surface area (Å²) in [6, 6.07) is 21.0. The molecule has 1 aliphatic heterocycles. The number of hydrogen-bond acceptors (Lipinski definition) is 5. The molecule has 0 saturated heterocycles. The molecule has 2 amide bonds. The molecule has 0 atom stereocenters. The fourth-order valence-corrected chi connectivity index (χ4v) is 3.73. The minimum atomic E-state index is -0.262. The number of urea groups is 1. The van der Waals surface area contributed by atoms with Crippen LogP contribution in [0.2, 0.25) is 0 Å². The molecular weight excluding hydrogens is 404 g/mol. The fourth-order valence-electron chi connectivity index (χ4n) is 3.73. The van der Waals surface area contributed by atoms with Crippen molar-refractivity contribution in [1.29, 1.82) is 0 Å². The first-order valence-corrected chi connectivity index (χ1v) is 10.7. The molecule has 0 unspecified atom stereocenters. The Labute approximate surface area is 187 Å². The van der Waals surface area contributed by atoms with Gasteiger partial charge in [0, 0.05) is 31.5 Å². The zero-order valence-electron chi connectivity index (χ0n) is 18.0. The smallest absolute Gasteiger partial charge is 0.326 e. The Hall–Kier alpha value is -3.87. The van der Waals surface area contributed by atoms with Gasteiger partial charge in [0.05, 0.1) is 18.7 Å². The van der Waals surface area contributed by atoms with Crippen molar-refractivity contribution in [3.8, 4) is 0 Å². The molecule has 1 N–H and O–H groups in total. The van der Waals surface area contributed by atoms with E-state index in [0.29, 0.717) is 25.4 Å². The number of ether oxygens (including phenoxy) is 1. The number of nitrogens with zero attached hydrogens (tertiary/aromatic N) is 3. The third-order valence-electron chi connectivity index (χ3n) is 5.27. The van der Waals surface area contributed by atoms with Crippen LogP contribution in [0.1, 0.15) is 18.1 Å². The van der Waals surface area contributed by atoms with Crippen LogP contribution >= 0.6 is 0 Å². The van der Waals surface area contributed by atoms with Gasteiger partial charge < -0.3 is 15.0 Å². The first-order valence-electron chi connectivity index (χ1n) is 10.7. The van der Waals surface area contributed by atoms with Gasteiger partial charge in [0.25, 0.3) is 0 Å². The number of amides is 2. The normalized spacial score (nSPS) is 12.8. The van der Waals surface area contributed by atoms with Crippen molar-refractivity contribution in [1.82, 2.24) is 4.98 Å². The van der Waals surface area contributed by atoms with Crippen LogP contribution in [-0.4, -0.2) is 36.7 Å². The van der Waals surface area contributed by atoms with Crippen molar-refractivity contribution < 1.29 is 14.3 Å². The van der Waals surface area contributed by atoms with Gasteiger partial charge in [0.1, 0.15) is 0 Å². The second-order valence-corrected chi connectivity index (χ2v) is 7.51. The summed E-state index contributed by atoms with van der Waals surface area (Å²) >= 11 is 0. The number of pyridine rings is 1. The summed E-state index contributed by atoms with van der Waals surface area (Å²) in [5, 5.41) is 2.95. The molecule has 0 fully saturated rings. The van der Waals surface area contributed by atoms with Crippen LogP contribution < -0.4 is 15.1 Å². The molecule has 4 rings (SSSR count). The summed E-state index contributed by atoms with van der Waals surface area (Å²) in [6.07, 6.45) is 1.96. The Morgan fingerprint density at radius 2 is 1.75 bits per heavy atom. The van der Waals surface area contributed by atoms with Gasteiger partial charge in [0.2, 0.25) is 0 Å². The predicted molar refractivity (Wildman–Crippen MR) is 125 cm³/mol. The molecule has 1 aliphatic rings. The molecule has 32 heavy (non-hydrogen) atoms. The minimum absolute atomic E-state index is 0.211. The van der Waals surface area contributed by atoms with Gasteiger partial charge in [-0.05, 0) is 42.3 Å². The molecule has 0 aliphatic carbocycles. The lowest BCUT2D eigenvalue weighted by Gasteiger charge is -2.36. The highest BCUT2D eigenvalue weighted by Crippen LogP contribution is 2.32. The van der Waals surface area contributed by atoms with E-state index in [-0.39, 0.29) is 18.4 Å². The molecule has 0 radical (unpaired) electrons. The molecule has 2 heterocycles. The van der Waals surface area contributed by atoms with Crippen molar-refractivity contribution in [2.45, 2.75) is 19.9 Å². The Bertz CT molecular complexity index is 1070. The zero-order chi connectivity index (χ0) is 22.3. The number of anilines is 3. The van der Waals surface area contributed by atoms with Crippen molar-refractivity contribution in [3.05, 3.63) is 84.1 Å². The first-order chi connectivity index (χ1) is 15.6. The lowest BCUT2D eigenvalue weighted by molar-refractivity contribution is -0.142. The van der Waals surface area contributed by atoms with E-state index in [9.17, 15) is 9.59 Å². The van der Waals surface area contributed by atoms with Crippen LogP contribution in [0.15, 0.2) is 72.9 Å². The highest BCUT2D eigenvalue weighted by atomic mass is 16.5. The van der Waals surface area contributed by atoms with Gasteiger partial charge in [-0.25, -0.2) is 9.78 Å². The molecule has 3 aromatic rings. The van der Waals surface area contributed by atoms with Crippen LogP contribution in [0, 0.1) is 0 Å². The van der Waals surface area contributed by atoms with E-state index in [1.807, 2.05) is 42.5 Å². The second-order valence-electron chi connectivity index (χ2n) is 7.51. The lowest BCUT2D eigenvalue weighted by Crippen LogP contribution is -2.46. The van der Waals surface area contributed by atoms with E-state index in [2.05, 4.69) is 27.3 Å². The molecule has 7 heteroatoms. The second kappa shape index (κ2) is 9.96. The largest absolute Gasteiger partial charge is 0.466 e. The van der Waals surface area contributed by atoms with Gasteiger partial charge in [0.15, 0.2) is 5.82 Å². The fraction of sp³-hybridized carbons (Fsp3) is 0.240. The molecule has 7 nitrogen and oxygen atoms in total. The highest BCUT2D eigenvalue weighted by molar-refractivity contribution is 6.04. The number of rotatable bonds is 6. The van der Waals surface area contributed by atoms with E-state index in [4.69, 9.17) is 4.74 Å². The summed E-state index contributed by atoms with van der Waals surface area (Å²) in [4.78, 5) is 33.1. The third-order valence-corrected chi connectivity index (χ3v) is 5.27. The van der Waals surface area contributed by atoms with Crippen LogP contribution in [0.5, 0.6) is 0 Å². The van der Waals surface area contributed by atoms with E-state index in [1.165, 1.54) is 5.56 Å². The molecular formula is C25H26N4O3. The molecule has 2 aromatic carbocycles. The van der Waals surface area contributed by atoms with E-state index < -0.39 is 0 Å². The van der Waals surface area contributed by atoms with E-state index >= 15 is 0 Å². The number of hydrogen-bond donors (Lipinski definition) is 1. The summed E-state index contributed by atoms with van der Waals surface area (Å²) in [5.41, 5.74) is 3.49. The van der Waals surface area contributed by atoms with Crippen LogP contribution in [0.3, 0.4) is 0 Å². The van der Waals surface area contributed by atoms with E-state index in [0.717, 1.165) is 23.6 Å². The number of nitrogens with one attached hydrogen (secondary N) is 1. The number of aromatic nitrogens is 1. The topological polar surface area (TPSA) is 74.8 Å². The lowest BCUT2D eigenvalue weighted by atomic mass is 10.1. The van der Waals surface area contributed by atoms with Crippen molar-refractivity contribution in [2.75, 3.05) is 34.8 Å². The van der Waals surface area contributed by atoms with Crippen LogP contribution in [-0.2, 0) is 22.5 Å². The average Bonchev–Trinajstić information content (AvgIpc) is 2.81. The molecule has 0 saturated carbocycles. The maximum absolute atomic E-state index is 13.0. The van der Waals surface area contributed by atoms with E-state index in [1.54, 1.807) is 30.2 Å². The van der Waals surface area contributed by atoms with Gasteiger partial charge in [-0.15, -0.1) is 0 Å².